The predicted octanol–water partition coefficient (Wildman–Crippen LogP) is 3.19. The lowest BCUT2D eigenvalue weighted by Crippen LogP contribution is -2.41. The number of benzene rings is 1. The molecule has 1 amide bonds. The summed E-state index contributed by atoms with van der Waals surface area (Å²) in [6.07, 6.45) is 2.78. The smallest absolute Gasteiger partial charge is 0.326 e. The Kier molecular flexibility index (Phi) is 6.85. The van der Waals surface area contributed by atoms with Gasteiger partial charge in [-0.1, -0.05) is 12.1 Å². The Morgan fingerprint density at radius 1 is 1.32 bits per heavy atom. The van der Waals surface area contributed by atoms with Crippen molar-refractivity contribution in [1.82, 2.24) is 4.90 Å². The first-order chi connectivity index (χ1) is 11.5. The van der Waals surface area contributed by atoms with E-state index in [0.717, 1.165) is 0 Å². The molecule has 0 heterocycles. The van der Waals surface area contributed by atoms with Crippen LogP contribution in [0.4, 0.5) is 5.69 Å². The van der Waals surface area contributed by atoms with Crippen molar-refractivity contribution in [3.8, 4) is 0 Å². The number of nitro benzene ring substituents is 1. The molecule has 1 rings (SSSR count). The Balaban J connectivity index is 2.84. The van der Waals surface area contributed by atoms with E-state index in [1.54, 1.807) is 46.8 Å². The molecule has 136 valence electrons. The summed E-state index contributed by atoms with van der Waals surface area (Å²) < 4.78 is 5.24. The number of esters is 1. The highest BCUT2D eigenvalue weighted by Gasteiger charge is 2.22. The fraction of sp³-hybridized carbons (Fsp3) is 0.444. The van der Waals surface area contributed by atoms with Gasteiger partial charge in [-0.3, -0.25) is 19.7 Å². The van der Waals surface area contributed by atoms with Gasteiger partial charge in [-0.2, -0.15) is 0 Å². The normalized spacial score (nSPS) is 11.6. The molecule has 1 aromatic rings. The van der Waals surface area contributed by atoms with Crippen molar-refractivity contribution < 1.29 is 19.2 Å². The fourth-order valence-electron chi connectivity index (χ4n) is 2.03. The number of hydrogen-bond donors (Lipinski definition) is 0. The number of non-ortho nitro benzene ring substituents is 1. The number of carbonyl (C=O) groups is 2. The molecule has 25 heavy (non-hydrogen) atoms. The molecule has 0 fully saturated rings. The molecule has 0 saturated carbocycles. The standard InChI is InChI=1S/C18H24N2O5/c1-13(2)19(12-17(22)25-18(3,4)5)16(21)10-9-14-7-6-8-15(11-14)20(23)24/h6-11,13H,12H2,1-5H3/b10-9+. The zero-order chi connectivity index (χ0) is 19.2. The molecule has 0 aliphatic heterocycles. The van der Waals surface area contributed by atoms with Crippen LogP contribution in [-0.4, -0.2) is 39.9 Å². The van der Waals surface area contributed by atoms with Crippen molar-refractivity contribution in [3.05, 3.63) is 46.0 Å². The molecule has 0 unspecified atom stereocenters. The Morgan fingerprint density at radius 2 is 1.96 bits per heavy atom. The summed E-state index contributed by atoms with van der Waals surface area (Å²) in [4.78, 5) is 36.0. The van der Waals surface area contributed by atoms with Crippen LogP contribution in [0.15, 0.2) is 30.3 Å². The Bertz CT molecular complexity index is 674. The maximum Gasteiger partial charge on any atom is 0.326 e. The molecule has 0 radical (unpaired) electrons. The second-order valence-corrected chi connectivity index (χ2v) is 6.83. The van der Waals surface area contributed by atoms with E-state index in [4.69, 9.17) is 4.74 Å². The Morgan fingerprint density at radius 3 is 2.48 bits per heavy atom. The highest BCUT2D eigenvalue weighted by Crippen LogP contribution is 2.15. The van der Waals surface area contributed by atoms with Gasteiger partial charge in [0.1, 0.15) is 12.1 Å². The van der Waals surface area contributed by atoms with E-state index in [9.17, 15) is 19.7 Å². The minimum atomic E-state index is -0.623. The molecule has 0 aliphatic carbocycles. The molecule has 0 N–H and O–H groups in total. The van der Waals surface area contributed by atoms with E-state index < -0.39 is 16.5 Å². The molecule has 7 heteroatoms. The van der Waals surface area contributed by atoms with E-state index in [-0.39, 0.29) is 24.2 Å². The molecule has 0 saturated heterocycles. The summed E-state index contributed by atoms with van der Waals surface area (Å²) in [7, 11) is 0. The maximum absolute atomic E-state index is 12.4. The van der Waals surface area contributed by atoms with E-state index >= 15 is 0 Å². The van der Waals surface area contributed by atoms with E-state index in [2.05, 4.69) is 0 Å². The van der Waals surface area contributed by atoms with Gasteiger partial charge in [0.2, 0.25) is 5.91 Å². The lowest BCUT2D eigenvalue weighted by atomic mass is 10.2. The molecule has 0 aliphatic rings. The molecule has 0 atom stereocenters. The predicted molar refractivity (Wildman–Crippen MR) is 94.8 cm³/mol. The number of hydrogen-bond acceptors (Lipinski definition) is 5. The van der Waals surface area contributed by atoms with Gasteiger partial charge in [0, 0.05) is 24.3 Å². The quantitative estimate of drug-likeness (QED) is 0.341. The number of carbonyl (C=O) groups excluding carboxylic acids is 2. The minimum Gasteiger partial charge on any atom is -0.459 e. The van der Waals surface area contributed by atoms with Gasteiger partial charge >= 0.3 is 5.97 Å². The Labute approximate surface area is 147 Å². The van der Waals surface area contributed by atoms with Crippen LogP contribution < -0.4 is 0 Å². The largest absolute Gasteiger partial charge is 0.459 e. The summed E-state index contributed by atoms with van der Waals surface area (Å²) in [5, 5.41) is 10.8. The van der Waals surface area contributed by atoms with Crippen LogP contribution in [0.5, 0.6) is 0 Å². The average Bonchev–Trinajstić information content (AvgIpc) is 2.48. The monoisotopic (exact) mass is 348 g/mol. The van der Waals surface area contributed by atoms with Gasteiger partial charge in [0.15, 0.2) is 0 Å². The molecular weight excluding hydrogens is 324 g/mol. The van der Waals surface area contributed by atoms with E-state index in [1.807, 2.05) is 0 Å². The SMILES string of the molecule is CC(C)N(CC(=O)OC(C)(C)C)C(=O)/C=C/c1cccc([N+](=O)[O-])c1. The van der Waals surface area contributed by atoms with E-state index in [1.165, 1.54) is 29.2 Å². The summed E-state index contributed by atoms with van der Waals surface area (Å²) in [5.74, 6) is -0.856. The first-order valence-corrected chi connectivity index (χ1v) is 7.94. The summed E-state index contributed by atoms with van der Waals surface area (Å²) in [6, 6.07) is 5.75. The summed E-state index contributed by atoms with van der Waals surface area (Å²) >= 11 is 0. The van der Waals surface area contributed by atoms with Crippen molar-refractivity contribution in [2.75, 3.05) is 6.54 Å². The van der Waals surface area contributed by atoms with Crippen LogP contribution in [0.25, 0.3) is 6.08 Å². The first-order valence-electron chi connectivity index (χ1n) is 7.94. The lowest BCUT2D eigenvalue weighted by Gasteiger charge is -2.27. The number of nitro groups is 1. The molecule has 0 bridgehead atoms. The van der Waals surface area contributed by atoms with Crippen molar-refractivity contribution >= 4 is 23.6 Å². The summed E-state index contributed by atoms with van der Waals surface area (Å²) in [5.41, 5.74) is -0.144. The second kappa shape index (κ2) is 8.41. The topological polar surface area (TPSA) is 89.8 Å². The third-order valence-electron chi connectivity index (χ3n) is 3.13. The Hall–Kier alpha value is -2.70. The van der Waals surface area contributed by atoms with Crippen molar-refractivity contribution in [2.24, 2.45) is 0 Å². The number of ether oxygens (including phenoxy) is 1. The number of amides is 1. The van der Waals surface area contributed by atoms with Crippen LogP contribution in [0.1, 0.15) is 40.2 Å². The molecule has 0 spiro atoms. The van der Waals surface area contributed by atoms with Gasteiger partial charge in [0.05, 0.1) is 4.92 Å². The van der Waals surface area contributed by atoms with Crippen LogP contribution in [-0.2, 0) is 14.3 Å². The number of nitrogens with zero attached hydrogens (tertiary/aromatic N) is 2. The second-order valence-electron chi connectivity index (χ2n) is 6.83. The fourth-order valence-corrected chi connectivity index (χ4v) is 2.03. The van der Waals surface area contributed by atoms with Crippen LogP contribution in [0, 0.1) is 10.1 Å². The van der Waals surface area contributed by atoms with Crippen LogP contribution >= 0.6 is 0 Å². The van der Waals surface area contributed by atoms with Crippen molar-refractivity contribution in [2.45, 2.75) is 46.3 Å². The zero-order valence-corrected chi connectivity index (χ0v) is 15.2. The third-order valence-corrected chi connectivity index (χ3v) is 3.13. The lowest BCUT2D eigenvalue weighted by molar-refractivity contribution is -0.384. The molecule has 0 aromatic heterocycles. The highest BCUT2D eigenvalue weighted by molar-refractivity contribution is 5.94. The van der Waals surface area contributed by atoms with Gasteiger partial charge in [0.25, 0.3) is 5.69 Å². The van der Waals surface area contributed by atoms with Gasteiger partial charge in [-0.15, -0.1) is 0 Å². The third kappa shape index (κ3) is 7.15. The first kappa shape index (κ1) is 20.3. The van der Waals surface area contributed by atoms with Crippen molar-refractivity contribution in [3.63, 3.8) is 0 Å². The van der Waals surface area contributed by atoms with Gasteiger partial charge in [-0.05, 0) is 46.3 Å². The van der Waals surface area contributed by atoms with E-state index in [0.29, 0.717) is 5.56 Å². The molecule has 1 aromatic carbocycles. The summed E-state index contributed by atoms with van der Waals surface area (Å²) in [6.45, 7) is 8.71. The minimum absolute atomic E-state index is 0.0518. The van der Waals surface area contributed by atoms with Gasteiger partial charge in [-0.25, -0.2) is 0 Å². The van der Waals surface area contributed by atoms with Crippen LogP contribution in [0.2, 0.25) is 0 Å². The molecular formula is C18H24N2O5. The zero-order valence-electron chi connectivity index (χ0n) is 15.2. The highest BCUT2D eigenvalue weighted by atomic mass is 16.6. The number of rotatable bonds is 6. The maximum atomic E-state index is 12.4. The molecule has 7 nitrogen and oxygen atoms in total. The van der Waals surface area contributed by atoms with Crippen molar-refractivity contribution in [1.29, 1.82) is 0 Å². The van der Waals surface area contributed by atoms with Crippen LogP contribution in [0.3, 0.4) is 0 Å². The van der Waals surface area contributed by atoms with Gasteiger partial charge < -0.3 is 9.64 Å². The average molecular weight is 348 g/mol.